The van der Waals surface area contributed by atoms with Gasteiger partial charge >= 0.3 is 0 Å². The molecule has 1 rings (SSSR count). The maximum absolute atomic E-state index is 5.36. The highest BCUT2D eigenvalue weighted by Crippen LogP contribution is 2.12. The standard InChI is InChI=1S/C8H12O.C3H8/c1-4-8-5-6(2)7(3)9-8;1-3-2/h5H,4H2,1-3H3;3H2,1-2H3. The van der Waals surface area contributed by atoms with E-state index in [4.69, 9.17) is 4.42 Å². The van der Waals surface area contributed by atoms with Crippen LogP contribution >= 0.6 is 0 Å². The molecule has 12 heavy (non-hydrogen) atoms. The molecule has 0 aliphatic carbocycles. The van der Waals surface area contributed by atoms with Gasteiger partial charge in [0.15, 0.2) is 0 Å². The maximum atomic E-state index is 5.36. The summed E-state index contributed by atoms with van der Waals surface area (Å²) in [5, 5.41) is 0. The van der Waals surface area contributed by atoms with Crippen molar-refractivity contribution < 1.29 is 4.42 Å². The van der Waals surface area contributed by atoms with Gasteiger partial charge in [0.2, 0.25) is 0 Å². The van der Waals surface area contributed by atoms with Crippen molar-refractivity contribution in [2.24, 2.45) is 0 Å². The number of furan rings is 1. The summed E-state index contributed by atoms with van der Waals surface area (Å²) >= 11 is 0. The largest absolute Gasteiger partial charge is 0.466 e. The third-order valence-corrected chi connectivity index (χ3v) is 1.57. The Bertz CT molecular complexity index is 191. The Morgan fingerprint density at radius 3 is 1.83 bits per heavy atom. The quantitative estimate of drug-likeness (QED) is 0.620. The minimum Gasteiger partial charge on any atom is -0.466 e. The zero-order chi connectivity index (χ0) is 9.56. The van der Waals surface area contributed by atoms with Gasteiger partial charge < -0.3 is 4.42 Å². The van der Waals surface area contributed by atoms with Crippen molar-refractivity contribution in [3.05, 3.63) is 23.2 Å². The van der Waals surface area contributed by atoms with E-state index >= 15 is 0 Å². The Balaban J connectivity index is 0.000000354. The van der Waals surface area contributed by atoms with Crippen molar-refractivity contribution in [1.29, 1.82) is 0 Å². The van der Waals surface area contributed by atoms with E-state index in [1.807, 2.05) is 6.92 Å². The van der Waals surface area contributed by atoms with Gasteiger partial charge in [0, 0.05) is 6.42 Å². The smallest absolute Gasteiger partial charge is 0.104 e. The summed E-state index contributed by atoms with van der Waals surface area (Å²) in [6.07, 6.45) is 2.24. The predicted molar refractivity (Wildman–Crippen MR) is 53.5 cm³/mol. The lowest BCUT2D eigenvalue weighted by Gasteiger charge is -1.83. The summed E-state index contributed by atoms with van der Waals surface area (Å²) in [4.78, 5) is 0. The van der Waals surface area contributed by atoms with E-state index < -0.39 is 0 Å². The SMILES string of the molecule is CCC.CCc1cc(C)c(C)o1. The molecule has 1 aromatic rings. The molecule has 0 saturated heterocycles. The third kappa shape index (κ3) is 3.61. The molecule has 0 atom stereocenters. The van der Waals surface area contributed by atoms with E-state index in [2.05, 4.69) is 33.8 Å². The minimum atomic E-state index is 0.995. The molecule has 1 heterocycles. The van der Waals surface area contributed by atoms with E-state index in [9.17, 15) is 0 Å². The van der Waals surface area contributed by atoms with Crippen LogP contribution in [0, 0.1) is 13.8 Å². The normalized spacial score (nSPS) is 9.08. The summed E-state index contributed by atoms with van der Waals surface area (Å²) in [7, 11) is 0. The number of hydrogen-bond acceptors (Lipinski definition) is 1. The molecule has 1 nitrogen and oxygen atoms in total. The summed E-state index contributed by atoms with van der Waals surface area (Å²) in [5.41, 5.74) is 1.26. The molecule has 0 amide bonds. The van der Waals surface area contributed by atoms with Crippen LogP contribution in [-0.4, -0.2) is 0 Å². The van der Waals surface area contributed by atoms with E-state index in [0.29, 0.717) is 0 Å². The van der Waals surface area contributed by atoms with Gasteiger partial charge in [0.1, 0.15) is 11.5 Å². The second-order valence-corrected chi connectivity index (χ2v) is 3.01. The number of rotatable bonds is 1. The molecule has 0 unspecified atom stereocenters. The first-order valence-corrected chi connectivity index (χ1v) is 4.71. The second kappa shape index (κ2) is 5.87. The molecular weight excluding hydrogens is 148 g/mol. The Labute approximate surface area is 75.8 Å². The monoisotopic (exact) mass is 168 g/mol. The van der Waals surface area contributed by atoms with Crippen LogP contribution in [-0.2, 0) is 6.42 Å². The molecule has 0 saturated carbocycles. The topological polar surface area (TPSA) is 13.1 Å². The molecule has 1 heteroatoms. The van der Waals surface area contributed by atoms with Crippen molar-refractivity contribution in [3.63, 3.8) is 0 Å². The predicted octanol–water partition coefficient (Wildman–Crippen LogP) is 3.88. The van der Waals surface area contributed by atoms with Gasteiger partial charge in [0.25, 0.3) is 0 Å². The van der Waals surface area contributed by atoms with Gasteiger partial charge in [-0.2, -0.15) is 0 Å². The average Bonchev–Trinajstić information content (AvgIpc) is 2.33. The zero-order valence-corrected chi connectivity index (χ0v) is 8.90. The molecule has 0 aliphatic heterocycles. The fraction of sp³-hybridized carbons (Fsp3) is 0.636. The molecule has 0 fully saturated rings. The first-order valence-electron chi connectivity index (χ1n) is 4.71. The van der Waals surface area contributed by atoms with Crippen molar-refractivity contribution in [1.82, 2.24) is 0 Å². The minimum absolute atomic E-state index is 0.995. The lowest BCUT2D eigenvalue weighted by atomic mass is 10.2. The lowest BCUT2D eigenvalue weighted by molar-refractivity contribution is 0.487. The molecule has 70 valence electrons. The fourth-order valence-electron chi connectivity index (χ4n) is 0.824. The van der Waals surface area contributed by atoms with Crippen molar-refractivity contribution in [2.75, 3.05) is 0 Å². The van der Waals surface area contributed by atoms with Gasteiger partial charge in [-0.05, 0) is 25.5 Å². The first kappa shape index (κ1) is 11.3. The van der Waals surface area contributed by atoms with Crippen LogP contribution in [0.3, 0.4) is 0 Å². The van der Waals surface area contributed by atoms with Crippen LogP contribution in [0.25, 0.3) is 0 Å². The number of hydrogen-bond donors (Lipinski definition) is 0. The molecule has 0 spiro atoms. The average molecular weight is 168 g/mol. The van der Waals surface area contributed by atoms with Crippen LogP contribution < -0.4 is 0 Å². The maximum Gasteiger partial charge on any atom is 0.104 e. The van der Waals surface area contributed by atoms with Crippen LogP contribution in [0.15, 0.2) is 10.5 Å². The van der Waals surface area contributed by atoms with E-state index in [1.165, 1.54) is 12.0 Å². The summed E-state index contributed by atoms with van der Waals surface area (Å²) in [6, 6.07) is 2.09. The Hall–Kier alpha value is -0.720. The second-order valence-electron chi connectivity index (χ2n) is 3.01. The van der Waals surface area contributed by atoms with E-state index in [0.717, 1.165) is 17.9 Å². The molecule has 0 bridgehead atoms. The molecule has 0 radical (unpaired) electrons. The highest BCUT2D eigenvalue weighted by molar-refractivity contribution is 5.18. The van der Waals surface area contributed by atoms with Crippen LogP contribution in [0.1, 0.15) is 44.3 Å². The highest BCUT2D eigenvalue weighted by Gasteiger charge is 1.98. The van der Waals surface area contributed by atoms with Crippen LogP contribution in [0.4, 0.5) is 0 Å². The van der Waals surface area contributed by atoms with Crippen LogP contribution in [0.2, 0.25) is 0 Å². The van der Waals surface area contributed by atoms with Gasteiger partial charge in [0.05, 0.1) is 0 Å². The first-order chi connectivity index (χ1) is 5.65. The van der Waals surface area contributed by atoms with Gasteiger partial charge in [-0.3, -0.25) is 0 Å². The Morgan fingerprint density at radius 1 is 1.17 bits per heavy atom. The van der Waals surface area contributed by atoms with Crippen molar-refractivity contribution in [3.8, 4) is 0 Å². The fourth-order valence-corrected chi connectivity index (χ4v) is 0.824. The van der Waals surface area contributed by atoms with Crippen LogP contribution in [0.5, 0.6) is 0 Å². The van der Waals surface area contributed by atoms with Gasteiger partial charge in [-0.1, -0.05) is 27.2 Å². The van der Waals surface area contributed by atoms with Gasteiger partial charge in [-0.15, -0.1) is 0 Å². The Morgan fingerprint density at radius 2 is 1.67 bits per heavy atom. The Kier molecular flexibility index (Phi) is 5.52. The molecule has 0 aliphatic rings. The number of aryl methyl sites for hydroxylation is 3. The van der Waals surface area contributed by atoms with E-state index in [-0.39, 0.29) is 0 Å². The zero-order valence-electron chi connectivity index (χ0n) is 8.90. The third-order valence-electron chi connectivity index (χ3n) is 1.57. The summed E-state index contributed by atoms with van der Waals surface area (Å²) in [6.45, 7) is 10.4. The van der Waals surface area contributed by atoms with Crippen molar-refractivity contribution >= 4 is 0 Å². The van der Waals surface area contributed by atoms with Crippen molar-refractivity contribution in [2.45, 2.75) is 47.5 Å². The molecule has 1 aromatic heterocycles. The van der Waals surface area contributed by atoms with Gasteiger partial charge in [-0.25, -0.2) is 0 Å². The molecule has 0 aromatic carbocycles. The van der Waals surface area contributed by atoms with E-state index in [1.54, 1.807) is 0 Å². The lowest BCUT2D eigenvalue weighted by Crippen LogP contribution is -1.68. The molecule has 0 N–H and O–H groups in total. The summed E-state index contributed by atoms with van der Waals surface area (Å²) < 4.78 is 5.36. The molecular formula is C11H20O. The highest BCUT2D eigenvalue weighted by atomic mass is 16.3. The summed E-state index contributed by atoms with van der Waals surface area (Å²) in [5.74, 6) is 2.14.